The predicted molar refractivity (Wildman–Crippen MR) is 50.3 cm³/mol. The predicted octanol–water partition coefficient (Wildman–Crippen LogP) is 1.87. The highest BCUT2D eigenvalue weighted by Gasteiger charge is 2.23. The summed E-state index contributed by atoms with van der Waals surface area (Å²) in [7, 11) is 0. The smallest absolute Gasteiger partial charge is 0.219 e. The zero-order chi connectivity index (χ0) is 9.14. The number of amides is 1. The van der Waals surface area contributed by atoms with E-state index < -0.39 is 0 Å². The van der Waals surface area contributed by atoms with Crippen molar-refractivity contribution in [3.63, 3.8) is 0 Å². The lowest BCUT2D eigenvalue weighted by atomic mass is 9.94. The Balaban J connectivity index is 2.34. The van der Waals surface area contributed by atoms with E-state index in [2.05, 4.69) is 0 Å². The van der Waals surface area contributed by atoms with E-state index >= 15 is 0 Å². The van der Waals surface area contributed by atoms with Crippen LogP contribution in [-0.4, -0.2) is 29.3 Å². The molecule has 1 heterocycles. The number of hydrogen-bond acceptors (Lipinski definition) is 1. The molecule has 1 amide bonds. The highest BCUT2D eigenvalue weighted by molar-refractivity contribution is 6.20. The lowest BCUT2D eigenvalue weighted by molar-refractivity contribution is -0.130. The van der Waals surface area contributed by atoms with Crippen LogP contribution in [0, 0.1) is 5.92 Å². The van der Waals surface area contributed by atoms with Crippen molar-refractivity contribution in [2.45, 2.75) is 32.1 Å². The number of hydrogen-bond donors (Lipinski definition) is 0. The summed E-state index contributed by atoms with van der Waals surface area (Å²) in [5, 5.41) is 0.249. The third kappa shape index (κ3) is 2.37. The fourth-order valence-electron chi connectivity index (χ4n) is 1.67. The zero-order valence-corrected chi connectivity index (χ0v) is 8.47. The van der Waals surface area contributed by atoms with Gasteiger partial charge >= 0.3 is 0 Å². The molecular formula is C9H16ClNO. The molecule has 1 rings (SSSR count). The number of alkyl halides is 1. The minimum atomic E-state index is 0.190. The topological polar surface area (TPSA) is 20.3 Å². The molecule has 0 radical (unpaired) electrons. The zero-order valence-electron chi connectivity index (χ0n) is 7.72. The fourth-order valence-corrected chi connectivity index (χ4v) is 1.93. The molecule has 12 heavy (non-hydrogen) atoms. The van der Waals surface area contributed by atoms with Gasteiger partial charge in [-0.25, -0.2) is 0 Å². The van der Waals surface area contributed by atoms with E-state index in [0.717, 1.165) is 25.9 Å². The maximum atomic E-state index is 11.0. The molecular weight excluding hydrogens is 174 g/mol. The van der Waals surface area contributed by atoms with Crippen LogP contribution in [-0.2, 0) is 4.79 Å². The maximum Gasteiger partial charge on any atom is 0.219 e. The molecule has 1 unspecified atom stereocenters. The summed E-state index contributed by atoms with van der Waals surface area (Å²) in [5.74, 6) is 0.790. The average molecular weight is 190 g/mol. The number of piperidine rings is 1. The number of rotatable bonds is 1. The molecule has 0 aromatic heterocycles. The number of nitrogens with zero attached hydrogens (tertiary/aromatic N) is 1. The highest BCUT2D eigenvalue weighted by Crippen LogP contribution is 2.23. The van der Waals surface area contributed by atoms with Gasteiger partial charge in [0.05, 0.1) is 0 Å². The van der Waals surface area contributed by atoms with Gasteiger partial charge in [0.2, 0.25) is 5.91 Å². The van der Waals surface area contributed by atoms with E-state index in [-0.39, 0.29) is 11.3 Å². The van der Waals surface area contributed by atoms with Crippen molar-refractivity contribution >= 4 is 17.5 Å². The third-order valence-electron chi connectivity index (χ3n) is 2.63. The summed E-state index contributed by atoms with van der Waals surface area (Å²) in [5.41, 5.74) is 0. The monoisotopic (exact) mass is 189 g/mol. The Labute approximate surface area is 78.9 Å². The normalized spacial score (nSPS) is 22.4. The standard InChI is InChI=1S/C9H16ClNO/c1-7(10)9-3-5-11(6-4-9)8(2)12/h7,9H,3-6H2,1-2H3. The first-order chi connectivity index (χ1) is 5.61. The van der Waals surface area contributed by atoms with Gasteiger partial charge in [0.15, 0.2) is 0 Å². The van der Waals surface area contributed by atoms with Crippen molar-refractivity contribution in [1.82, 2.24) is 4.90 Å². The van der Waals surface area contributed by atoms with Gasteiger partial charge in [-0.3, -0.25) is 4.79 Å². The van der Waals surface area contributed by atoms with Crippen molar-refractivity contribution in [2.24, 2.45) is 5.92 Å². The summed E-state index contributed by atoms with van der Waals surface area (Å²) in [6, 6.07) is 0. The van der Waals surface area contributed by atoms with Crippen LogP contribution in [0.15, 0.2) is 0 Å². The second-order valence-electron chi connectivity index (χ2n) is 3.52. The number of carbonyl (C=O) groups is 1. The van der Waals surface area contributed by atoms with Crippen molar-refractivity contribution in [2.75, 3.05) is 13.1 Å². The van der Waals surface area contributed by atoms with Crippen LogP contribution in [0.5, 0.6) is 0 Å². The lowest BCUT2D eigenvalue weighted by Crippen LogP contribution is -2.38. The fraction of sp³-hybridized carbons (Fsp3) is 0.889. The van der Waals surface area contributed by atoms with Gasteiger partial charge in [-0.1, -0.05) is 0 Å². The van der Waals surface area contributed by atoms with E-state index in [1.54, 1.807) is 6.92 Å². The third-order valence-corrected chi connectivity index (χ3v) is 2.99. The van der Waals surface area contributed by atoms with Crippen LogP contribution in [0.3, 0.4) is 0 Å². The summed E-state index contributed by atoms with van der Waals surface area (Å²) in [6.45, 7) is 5.44. The van der Waals surface area contributed by atoms with Crippen molar-refractivity contribution in [1.29, 1.82) is 0 Å². The first-order valence-electron chi connectivity index (χ1n) is 4.51. The molecule has 1 atom stereocenters. The van der Waals surface area contributed by atoms with Crippen LogP contribution < -0.4 is 0 Å². The van der Waals surface area contributed by atoms with Gasteiger partial charge in [-0.15, -0.1) is 11.6 Å². The molecule has 0 aromatic rings. The quantitative estimate of drug-likeness (QED) is 0.577. The summed E-state index contributed by atoms with van der Waals surface area (Å²) >= 11 is 5.98. The molecule has 1 fully saturated rings. The Kier molecular flexibility index (Phi) is 3.39. The van der Waals surface area contributed by atoms with Crippen molar-refractivity contribution < 1.29 is 4.79 Å². The highest BCUT2D eigenvalue weighted by atomic mass is 35.5. The maximum absolute atomic E-state index is 11.0. The Morgan fingerprint density at radius 3 is 2.33 bits per heavy atom. The summed E-state index contributed by atoms with van der Waals surface area (Å²) < 4.78 is 0. The van der Waals surface area contributed by atoms with Gasteiger partial charge in [-0.2, -0.15) is 0 Å². The van der Waals surface area contributed by atoms with E-state index in [9.17, 15) is 4.79 Å². The Morgan fingerprint density at radius 1 is 1.50 bits per heavy atom. The van der Waals surface area contributed by atoms with E-state index in [4.69, 9.17) is 11.6 Å². The van der Waals surface area contributed by atoms with Crippen LogP contribution in [0.1, 0.15) is 26.7 Å². The van der Waals surface area contributed by atoms with Crippen LogP contribution in [0.25, 0.3) is 0 Å². The molecule has 70 valence electrons. The van der Waals surface area contributed by atoms with Gasteiger partial charge in [-0.05, 0) is 25.7 Å². The number of likely N-dealkylation sites (tertiary alicyclic amines) is 1. The summed E-state index contributed by atoms with van der Waals surface area (Å²) in [6.07, 6.45) is 2.12. The molecule has 1 aliphatic rings. The molecule has 3 heteroatoms. The Hall–Kier alpha value is -0.240. The molecule has 0 aromatic carbocycles. The van der Waals surface area contributed by atoms with Crippen LogP contribution >= 0.6 is 11.6 Å². The molecule has 0 N–H and O–H groups in total. The first kappa shape index (κ1) is 9.85. The van der Waals surface area contributed by atoms with Crippen LogP contribution in [0.4, 0.5) is 0 Å². The lowest BCUT2D eigenvalue weighted by Gasteiger charge is -2.32. The van der Waals surface area contributed by atoms with Crippen molar-refractivity contribution in [3.05, 3.63) is 0 Å². The number of halogens is 1. The van der Waals surface area contributed by atoms with Gasteiger partial charge < -0.3 is 4.90 Å². The van der Waals surface area contributed by atoms with Gasteiger partial charge in [0, 0.05) is 25.4 Å². The minimum absolute atomic E-state index is 0.190. The molecule has 2 nitrogen and oxygen atoms in total. The molecule has 1 aliphatic heterocycles. The second-order valence-corrected chi connectivity index (χ2v) is 4.21. The molecule has 0 spiro atoms. The SMILES string of the molecule is CC(=O)N1CCC(C(C)Cl)CC1. The molecule has 0 saturated carbocycles. The summed E-state index contributed by atoms with van der Waals surface area (Å²) in [4.78, 5) is 12.9. The van der Waals surface area contributed by atoms with E-state index in [1.165, 1.54) is 0 Å². The first-order valence-corrected chi connectivity index (χ1v) is 4.94. The van der Waals surface area contributed by atoms with Gasteiger partial charge in [0.1, 0.15) is 0 Å². The Bertz CT molecular complexity index is 162. The Morgan fingerprint density at radius 2 is 2.00 bits per heavy atom. The van der Waals surface area contributed by atoms with E-state index in [0.29, 0.717) is 5.92 Å². The van der Waals surface area contributed by atoms with Crippen molar-refractivity contribution in [3.8, 4) is 0 Å². The average Bonchev–Trinajstić information content (AvgIpc) is 2.04. The molecule has 0 bridgehead atoms. The number of carbonyl (C=O) groups excluding carboxylic acids is 1. The van der Waals surface area contributed by atoms with Crippen LogP contribution in [0.2, 0.25) is 0 Å². The largest absolute Gasteiger partial charge is 0.343 e. The van der Waals surface area contributed by atoms with E-state index in [1.807, 2.05) is 11.8 Å². The van der Waals surface area contributed by atoms with Gasteiger partial charge in [0.25, 0.3) is 0 Å². The second kappa shape index (κ2) is 4.13. The molecule has 0 aliphatic carbocycles. The molecule has 1 saturated heterocycles. The minimum Gasteiger partial charge on any atom is -0.343 e.